The van der Waals surface area contributed by atoms with Crippen LogP contribution in [0.1, 0.15) is 29.4 Å². The molecule has 2 aromatic heterocycles. The summed E-state index contributed by atoms with van der Waals surface area (Å²) in [5.74, 6) is 0.997. The van der Waals surface area contributed by atoms with E-state index in [0.717, 1.165) is 40.1 Å². The molecule has 3 rings (SSSR count). The molecule has 9 nitrogen and oxygen atoms in total. The highest BCUT2D eigenvalue weighted by Gasteiger charge is 2.16. The van der Waals surface area contributed by atoms with Gasteiger partial charge in [-0.15, -0.1) is 0 Å². The second-order valence-corrected chi connectivity index (χ2v) is 7.63. The molecule has 0 saturated carbocycles. The van der Waals surface area contributed by atoms with Crippen molar-refractivity contribution in [3.63, 3.8) is 0 Å². The van der Waals surface area contributed by atoms with E-state index < -0.39 is 18.6 Å². The van der Waals surface area contributed by atoms with Crippen molar-refractivity contribution in [1.29, 1.82) is 0 Å². The van der Waals surface area contributed by atoms with E-state index in [-0.39, 0.29) is 13.2 Å². The van der Waals surface area contributed by atoms with Crippen molar-refractivity contribution in [3.8, 4) is 28.6 Å². The number of benzene rings is 1. The van der Waals surface area contributed by atoms with Gasteiger partial charge in [-0.1, -0.05) is 12.1 Å². The first-order valence-corrected chi connectivity index (χ1v) is 10.4. The number of carbonyl (C=O) groups is 1. The molecule has 0 aliphatic carbocycles. The molecule has 0 unspecified atom stereocenters. The van der Waals surface area contributed by atoms with Gasteiger partial charge in [-0.3, -0.25) is 9.78 Å². The number of carbonyl (C=O) groups excluding carboxylic acids is 1. The Balaban J connectivity index is 1.74. The van der Waals surface area contributed by atoms with Gasteiger partial charge in [0, 0.05) is 29.1 Å². The highest BCUT2D eigenvalue weighted by atomic mass is 16.5. The lowest BCUT2D eigenvalue weighted by molar-refractivity contribution is -0.124. The predicted octanol–water partition coefficient (Wildman–Crippen LogP) is 2.13. The third-order valence-corrected chi connectivity index (χ3v) is 4.86. The highest BCUT2D eigenvalue weighted by molar-refractivity contribution is 5.76. The summed E-state index contributed by atoms with van der Waals surface area (Å²) < 4.78 is 11.3. The van der Waals surface area contributed by atoms with Gasteiger partial charge in [-0.05, 0) is 62.6 Å². The van der Waals surface area contributed by atoms with Crippen LogP contribution >= 0.6 is 0 Å². The van der Waals surface area contributed by atoms with E-state index >= 15 is 0 Å². The zero-order chi connectivity index (χ0) is 23.3. The van der Waals surface area contributed by atoms with Gasteiger partial charge < -0.3 is 24.8 Å². The lowest BCUT2D eigenvalue weighted by atomic mass is 10.1. The second kappa shape index (κ2) is 10.3. The average molecular weight is 441 g/mol. The number of nitrogens with zero attached hydrogens (tertiary/aromatic N) is 3. The summed E-state index contributed by atoms with van der Waals surface area (Å²) >= 11 is 0. The van der Waals surface area contributed by atoms with Gasteiger partial charge in [0.15, 0.2) is 0 Å². The average Bonchev–Trinajstić information content (AvgIpc) is 3.26. The maximum absolute atomic E-state index is 11.1. The van der Waals surface area contributed by atoms with Crippen LogP contribution in [0.5, 0.6) is 5.75 Å². The number of aryl methyl sites for hydroxylation is 4. The highest BCUT2D eigenvalue weighted by Crippen LogP contribution is 2.30. The molecule has 0 aliphatic heterocycles. The van der Waals surface area contributed by atoms with E-state index in [1.165, 1.54) is 0 Å². The van der Waals surface area contributed by atoms with Crippen molar-refractivity contribution in [2.75, 3.05) is 19.8 Å². The predicted molar refractivity (Wildman–Crippen MR) is 118 cm³/mol. The van der Waals surface area contributed by atoms with Crippen molar-refractivity contribution >= 4 is 5.91 Å². The van der Waals surface area contributed by atoms with Crippen LogP contribution in [0.15, 0.2) is 28.8 Å². The first kappa shape index (κ1) is 23.4. The van der Waals surface area contributed by atoms with Crippen molar-refractivity contribution < 1.29 is 24.3 Å². The third kappa shape index (κ3) is 5.68. The minimum absolute atomic E-state index is 0.000247. The number of ether oxygens (including phenoxy) is 1. The summed E-state index contributed by atoms with van der Waals surface area (Å²) in [6, 6.07) is 7.66. The Hall–Kier alpha value is -3.30. The van der Waals surface area contributed by atoms with E-state index in [0.29, 0.717) is 17.5 Å². The summed E-state index contributed by atoms with van der Waals surface area (Å²) in [5, 5.41) is 25.2. The SMILES string of the molecule is CCc1cc(-c2nc(-c3cc(C)c(OC[C@@H](O)CNC(=O)CO)c(C)c3)no2)cc(C)n1. The molecule has 3 aromatic rings. The molecule has 9 heteroatoms. The van der Waals surface area contributed by atoms with Gasteiger partial charge in [-0.2, -0.15) is 4.98 Å². The Morgan fingerprint density at radius 3 is 2.50 bits per heavy atom. The molecule has 1 aromatic carbocycles. The number of nitrogens with one attached hydrogen (secondary N) is 1. The van der Waals surface area contributed by atoms with Crippen LogP contribution in [0.25, 0.3) is 22.8 Å². The smallest absolute Gasteiger partial charge is 0.258 e. The molecule has 2 heterocycles. The van der Waals surface area contributed by atoms with Gasteiger partial charge in [0.1, 0.15) is 25.1 Å². The van der Waals surface area contributed by atoms with Crippen molar-refractivity contribution in [2.45, 2.75) is 40.2 Å². The molecular weight excluding hydrogens is 412 g/mol. The Morgan fingerprint density at radius 1 is 1.12 bits per heavy atom. The number of rotatable bonds is 9. The van der Waals surface area contributed by atoms with Crippen LogP contribution in [0.3, 0.4) is 0 Å². The summed E-state index contributed by atoms with van der Waals surface area (Å²) in [5.41, 5.74) is 5.19. The van der Waals surface area contributed by atoms with Crippen LogP contribution in [-0.2, 0) is 11.2 Å². The molecule has 0 spiro atoms. The van der Waals surface area contributed by atoms with E-state index in [1.54, 1.807) is 0 Å². The maximum Gasteiger partial charge on any atom is 0.258 e. The molecule has 0 aliphatic rings. The standard InChI is InChI=1S/C23H28N4O5/c1-5-18-9-17(8-15(4)25-18)23-26-22(27-32-23)16-6-13(2)21(14(3)7-16)31-12-19(29)10-24-20(30)11-28/h6-9,19,28-29H,5,10-12H2,1-4H3,(H,24,30)/t19-/m0/s1. The van der Waals surface area contributed by atoms with E-state index in [2.05, 4.69) is 20.4 Å². The van der Waals surface area contributed by atoms with Gasteiger partial charge in [-0.25, -0.2) is 0 Å². The lowest BCUT2D eigenvalue weighted by Gasteiger charge is -2.16. The summed E-state index contributed by atoms with van der Waals surface area (Å²) in [7, 11) is 0. The van der Waals surface area contributed by atoms with Crippen molar-refractivity contribution in [3.05, 3.63) is 46.8 Å². The minimum atomic E-state index is -0.902. The first-order chi connectivity index (χ1) is 15.3. The molecule has 0 bridgehead atoms. The summed E-state index contributed by atoms with van der Waals surface area (Å²) in [6.07, 6.45) is -0.0848. The van der Waals surface area contributed by atoms with Crippen LogP contribution in [-0.4, -0.2) is 57.1 Å². The van der Waals surface area contributed by atoms with Crippen molar-refractivity contribution in [2.24, 2.45) is 0 Å². The summed E-state index contributed by atoms with van der Waals surface area (Å²) in [6.45, 7) is 7.15. The molecule has 0 fully saturated rings. The topological polar surface area (TPSA) is 131 Å². The fraction of sp³-hybridized carbons (Fsp3) is 0.391. The zero-order valence-electron chi connectivity index (χ0n) is 18.7. The number of aromatic nitrogens is 3. The molecule has 3 N–H and O–H groups in total. The Morgan fingerprint density at radius 2 is 1.84 bits per heavy atom. The number of hydrogen-bond acceptors (Lipinski definition) is 8. The third-order valence-electron chi connectivity index (χ3n) is 4.86. The monoisotopic (exact) mass is 440 g/mol. The van der Waals surface area contributed by atoms with Gasteiger partial charge in [0.05, 0.1) is 0 Å². The fourth-order valence-electron chi connectivity index (χ4n) is 3.33. The number of hydrogen-bond donors (Lipinski definition) is 3. The van der Waals surface area contributed by atoms with Gasteiger partial charge in [0.25, 0.3) is 5.89 Å². The molecular formula is C23H28N4O5. The normalized spacial score (nSPS) is 11.9. The van der Waals surface area contributed by atoms with Crippen LogP contribution in [0.4, 0.5) is 0 Å². The van der Waals surface area contributed by atoms with Crippen LogP contribution in [0.2, 0.25) is 0 Å². The van der Waals surface area contributed by atoms with Crippen molar-refractivity contribution in [1.82, 2.24) is 20.4 Å². The summed E-state index contributed by atoms with van der Waals surface area (Å²) in [4.78, 5) is 20.1. The van der Waals surface area contributed by atoms with Crippen LogP contribution in [0, 0.1) is 20.8 Å². The lowest BCUT2D eigenvalue weighted by Crippen LogP contribution is -2.36. The Kier molecular flexibility index (Phi) is 7.55. The number of pyridine rings is 1. The molecule has 1 amide bonds. The largest absolute Gasteiger partial charge is 0.490 e. The van der Waals surface area contributed by atoms with E-state index in [4.69, 9.17) is 14.4 Å². The van der Waals surface area contributed by atoms with Gasteiger partial charge in [0.2, 0.25) is 11.7 Å². The number of amides is 1. The van der Waals surface area contributed by atoms with Crippen LogP contribution < -0.4 is 10.1 Å². The van der Waals surface area contributed by atoms with E-state index in [1.807, 2.05) is 52.0 Å². The molecule has 170 valence electrons. The Bertz CT molecular complexity index is 1070. The second-order valence-electron chi connectivity index (χ2n) is 7.63. The number of aliphatic hydroxyl groups excluding tert-OH is 2. The number of aliphatic hydroxyl groups is 2. The van der Waals surface area contributed by atoms with Gasteiger partial charge >= 0.3 is 0 Å². The fourth-order valence-corrected chi connectivity index (χ4v) is 3.33. The molecule has 32 heavy (non-hydrogen) atoms. The maximum atomic E-state index is 11.1. The zero-order valence-corrected chi connectivity index (χ0v) is 18.7. The minimum Gasteiger partial charge on any atom is -0.490 e. The quantitative estimate of drug-likeness (QED) is 0.461. The first-order valence-electron chi connectivity index (χ1n) is 10.4. The molecule has 1 atom stereocenters. The Labute approximate surface area is 186 Å². The molecule has 0 saturated heterocycles. The van der Waals surface area contributed by atoms with E-state index in [9.17, 15) is 9.90 Å². The molecule has 0 radical (unpaired) electrons.